The van der Waals surface area contributed by atoms with E-state index in [1.165, 1.54) is 0 Å². The van der Waals surface area contributed by atoms with Gasteiger partial charge < -0.3 is 19.5 Å². The Bertz CT molecular complexity index is 661. The predicted molar refractivity (Wildman–Crippen MR) is 95.5 cm³/mol. The molecule has 0 saturated heterocycles. The van der Waals surface area contributed by atoms with Crippen LogP contribution in [0, 0.1) is 0 Å². The van der Waals surface area contributed by atoms with E-state index >= 15 is 0 Å². The lowest BCUT2D eigenvalue weighted by Gasteiger charge is -2.19. The molecule has 0 amide bonds. The predicted octanol–water partition coefficient (Wildman–Crippen LogP) is 4.33. The van der Waals surface area contributed by atoms with Crippen molar-refractivity contribution < 1.29 is 14.2 Å². The number of benzene rings is 2. The van der Waals surface area contributed by atoms with E-state index in [9.17, 15) is 0 Å². The molecule has 23 heavy (non-hydrogen) atoms. The number of ether oxygens (including phenoxy) is 3. The molecule has 1 atom stereocenters. The molecule has 0 aliphatic rings. The molecule has 0 aliphatic heterocycles. The monoisotopic (exact) mass is 379 g/mol. The van der Waals surface area contributed by atoms with Crippen LogP contribution in [0.5, 0.6) is 17.2 Å². The van der Waals surface area contributed by atoms with Crippen LogP contribution in [0.2, 0.25) is 0 Å². The molecule has 124 valence electrons. The van der Waals surface area contributed by atoms with Crippen LogP contribution in [-0.2, 0) is 6.54 Å². The number of methoxy groups -OCH3 is 3. The molecule has 4 nitrogen and oxygen atoms in total. The highest BCUT2D eigenvalue weighted by Crippen LogP contribution is 2.36. The van der Waals surface area contributed by atoms with E-state index in [-0.39, 0.29) is 6.04 Å². The highest BCUT2D eigenvalue weighted by molar-refractivity contribution is 9.10. The molecule has 5 heteroatoms. The second-order valence-electron chi connectivity index (χ2n) is 5.14. The Morgan fingerprint density at radius 1 is 0.957 bits per heavy atom. The topological polar surface area (TPSA) is 39.7 Å². The van der Waals surface area contributed by atoms with E-state index < -0.39 is 0 Å². The maximum Gasteiger partial charge on any atom is 0.133 e. The van der Waals surface area contributed by atoms with Gasteiger partial charge in [-0.2, -0.15) is 0 Å². The van der Waals surface area contributed by atoms with Gasteiger partial charge in [0.05, 0.1) is 25.8 Å². The van der Waals surface area contributed by atoms with E-state index in [0.29, 0.717) is 6.54 Å². The molecule has 0 heterocycles. The third-order valence-corrected chi connectivity index (χ3v) is 4.38. The Hall–Kier alpha value is -1.72. The lowest BCUT2D eigenvalue weighted by molar-refractivity contribution is 0.388. The highest BCUT2D eigenvalue weighted by atomic mass is 79.9. The summed E-state index contributed by atoms with van der Waals surface area (Å²) in [6, 6.07) is 12.0. The van der Waals surface area contributed by atoms with Crippen LogP contribution >= 0.6 is 15.9 Å². The van der Waals surface area contributed by atoms with Crippen molar-refractivity contribution in [2.24, 2.45) is 0 Å². The number of nitrogens with one attached hydrogen (secondary N) is 1. The second kappa shape index (κ2) is 8.22. The summed E-state index contributed by atoms with van der Waals surface area (Å²) >= 11 is 3.48. The van der Waals surface area contributed by atoms with Crippen molar-refractivity contribution in [3.05, 3.63) is 52.0 Å². The normalized spacial score (nSPS) is 11.9. The van der Waals surface area contributed by atoms with Gasteiger partial charge in [0.15, 0.2) is 0 Å². The van der Waals surface area contributed by atoms with Crippen LogP contribution in [0.25, 0.3) is 0 Å². The van der Waals surface area contributed by atoms with Crippen molar-refractivity contribution in [1.29, 1.82) is 0 Å². The van der Waals surface area contributed by atoms with Crippen molar-refractivity contribution in [1.82, 2.24) is 5.32 Å². The average molecular weight is 380 g/mol. The lowest BCUT2D eigenvalue weighted by atomic mass is 10.1. The summed E-state index contributed by atoms with van der Waals surface area (Å²) < 4.78 is 17.1. The van der Waals surface area contributed by atoms with Gasteiger partial charge >= 0.3 is 0 Å². The van der Waals surface area contributed by atoms with Crippen LogP contribution in [0.1, 0.15) is 24.1 Å². The van der Waals surface area contributed by atoms with Gasteiger partial charge in [0, 0.05) is 23.7 Å². The molecule has 1 N–H and O–H groups in total. The average Bonchev–Trinajstić information content (AvgIpc) is 2.59. The van der Waals surface area contributed by atoms with Gasteiger partial charge in [0.1, 0.15) is 17.2 Å². The van der Waals surface area contributed by atoms with Crippen molar-refractivity contribution in [3.8, 4) is 17.2 Å². The summed E-state index contributed by atoms with van der Waals surface area (Å²) in [4.78, 5) is 0. The summed E-state index contributed by atoms with van der Waals surface area (Å²) in [7, 11) is 5.01. The molecule has 1 unspecified atom stereocenters. The standard InChI is InChI=1S/C18H22BrNO3/c1-12(20-11-13-7-5-6-8-16(13)21-2)14-9-18(23-4)15(19)10-17(14)22-3/h5-10,12,20H,11H2,1-4H3. The first kappa shape index (κ1) is 17.6. The first-order chi connectivity index (χ1) is 11.1. The van der Waals surface area contributed by atoms with Gasteiger partial charge in [-0.15, -0.1) is 0 Å². The summed E-state index contributed by atoms with van der Waals surface area (Å²) in [5, 5.41) is 3.50. The number of rotatable bonds is 7. The van der Waals surface area contributed by atoms with Gasteiger partial charge in [-0.05, 0) is 41.1 Å². The Labute approximate surface area is 145 Å². The summed E-state index contributed by atoms with van der Waals surface area (Å²) in [6.07, 6.45) is 0. The Morgan fingerprint density at radius 3 is 2.26 bits per heavy atom. The fraction of sp³-hybridized carbons (Fsp3) is 0.333. The van der Waals surface area contributed by atoms with Gasteiger partial charge in [0.2, 0.25) is 0 Å². The Balaban J connectivity index is 2.18. The van der Waals surface area contributed by atoms with Crippen LogP contribution < -0.4 is 19.5 Å². The van der Waals surface area contributed by atoms with Gasteiger partial charge in [-0.1, -0.05) is 18.2 Å². The zero-order chi connectivity index (χ0) is 16.8. The fourth-order valence-corrected chi connectivity index (χ4v) is 2.93. The van der Waals surface area contributed by atoms with E-state index in [1.54, 1.807) is 21.3 Å². The summed E-state index contributed by atoms with van der Waals surface area (Å²) in [5.41, 5.74) is 2.16. The SMILES string of the molecule is COc1cc(C(C)NCc2ccccc2OC)c(OC)cc1Br. The molecular formula is C18H22BrNO3. The third kappa shape index (κ3) is 4.18. The molecule has 0 aliphatic carbocycles. The molecule has 0 spiro atoms. The smallest absolute Gasteiger partial charge is 0.133 e. The van der Waals surface area contributed by atoms with Crippen LogP contribution in [-0.4, -0.2) is 21.3 Å². The quantitative estimate of drug-likeness (QED) is 0.777. The minimum Gasteiger partial charge on any atom is -0.496 e. The van der Waals surface area contributed by atoms with Crippen molar-refractivity contribution in [3.63, 3.8) is 0 Å². The molecule has 2 aromatic rings. The minimum atomic E-state index is 0.0943. The molecule has 0 bridgehead atoms. The van der Waals surface area contributed by atoms with Crippen LogP contribution in [0.4, 0.5) is 0 Å². The second-order valence-corrected chi connectivity index (χ2v) is 6.00. The molecule has 0 radical (unpaired) electrons. The summed E-state index contributed by atoms with van der Waals surface area (Å²) in [6.45, 7) is 2.80. The molecule has 0 saturated carbocycles. The Morgan fingerprint density at radius 2 is 1.61 bits per heavy atom. The first-order valence-electron chi connectivity index (χ1n) is 7.37. The highest BCUT2D eigenvalue weighted by Gasteiger charge is 2.15. The molecule has 2 aromatic carbocycles. The third-order valence-electron chi connectivity index (χ3n) is 3.76. The van der Waals surface area contributed by atoms with Gasteiger partial charge in [-0.25, -0.2) is 0 Å². The van der Waals surface area contributed by atoms with Gasteiger partial charge in [0.25, 0.3) is 0 Å². The van der Waals surface area contributed by atoms with Crippen LogP contribution in [0.3, 0.4) is 0 Å². The maximum atomic E-state index is 5.49. The van der Waals surface area contributed by atoms with E-state index in [4.69, 9.17) is 14.2 Å². The molecule has 0 aromatic heterocycles. The van der Waals surface area contributed by atoms with E-state index in [0.717, 1.165) is 32.8 Å². The Kier molecular flexibility index (Phi) is 6.30. The fourth-order valence-electron chi connectivity index (χ4n) is 2.44. The number of hydrogen-bond acceptors (Lipinski definition) is 4. The summed E-state index contributed by atoms with van der Waals surface area (Å²) in [5.74, 6) is 2.48. The molecule has 0 fully saturated rings. The zero-order valence-corrected chi connectivity index (χ0v) is 15.4. The largest absolute Gasteiger partial charge is 0.496 e. The van der Waals surface area contributed by atoms with Gasteiger partial charge in [-0.3, -0.25) is 0 Å². The zero-order valence-electron chi connectivity index (χ0n) is 13.9. The van der Waals surface area contributed by atoms with Crippen molar-refractivity contribution in [2.45, 2.75) is 19.5 Å². The first-order valence-corrected chi connectivity index (χ1v) is 8.16. The lowest BCUT2D eigenvalue weighted by Crippen LogP contribution is -2.19. The maximum absolute atomic E-state index is 5.49. The minimum absolute atomic E-state index is 0.0943. The molecular weight excluding hydrogens is 358 g/mol. The van der Waals surface area contributed by atoms with E-state index in [1.807, 2.05) is 30.3 Å². The van der Waals surface area contributed by atoms with Crippen molar-refractivity contribution in [2.75, 3.05) is 21.3 Å². The number of hydrogen-bond donors (Lipinski definition) is 1. The number of para-hydroxylation sites is 1. The van der Waals surface area contributed by atoms with Crippen molar-refractivity contribution >= 4 is 15.9 Å². The molecule has 2 rings (SSSR count). The number of halogens is 1. The van der Waals surface area contributed by atoms with Crippen LogP contribution in [0.15, 0.2) is 40.9 Å². The van der Waals surface area contributed by atoms with E-state index in [2.05, 4.69) is 34.2 Å².